The summed E-state index contributed by atoms with van der Waals surface area (Å²) in [5.74, 6) is -1.06. The largest absolute Gasteiger partial charge is 0.508 e. The molecule has 0 saturated heterocycles. The number of fused-ring (bicyclic) bond motifs is 2. The Labute approximate surface area is 110 Å². The zero-order valence-corrected chi connectivity index (χ0v) is 10.1. The van der Waals surface area contributed by atoms with Crippen LogP contribution in [0.25, 0.3) is 21.9 Å². The van der Waals surface area contributed by atoms with Crippen LogP contribution in [0, 0.1) is 0 Å². The number of phenols is 3. The normalized spacial score (nSPS) is 11.2. The summed E-state index contributed by atoms with van der Waals surface area (Å²) >= 11 is 5.74. The number of aromatic hydroxyl groups is 3. The van der Waals surface area contributed by atoms with Gasteiger partial charge >= 0.3 is 0 Å². The summed E-state index contributed by atoms with van der Waals surface area (Å²) in [6.45, 7) is 0. The van der Waals surface area contributed by atoms with Crippen LogP contribution >= 0.6 is 11.6 Å². The van der Waals surface area contributed by atoms with Crippen molar-refractivity contribution < 1.29 is 19.7 Å². The van der Waals surface area contributed by atoms with Crippen molar-refractivity contribution in [3.63, 3.8) is 0 Å². The SMILES string of the molecule is O=c1c2c(O)cc(O)cc2oc2ccc(Cl)c(O)c12. The second-order valence-corrected chi connectivity index (χ2v) is 4.45. The smallest absolute Gasteiger partial charge is 0.208 e. The molecule has 0 fully saturated rings. The number of benzene rings is 2. The van der Waals surface area contributed by atoms with Gasteiger partial charge in [-0.1, -0.05) is 11.6 Å². The van der Waals surface area contributed by atoms with Crippen LogP contribution in [0.2, 0.25) is 5.02 Å². The third kappa shape index (κ3) is 1.59. The number of hydrogen-bond acceptors (Lipinski definition) is 5. The van der Waals surface area contributed by atoms with Gasteiger partial charge in [-0.05, 0) is 12.1 Å². The van der Waals surface area contributed by atoms with E-state index in [1.807, 2.05) is 0 Å². The van der Waals surface area contributed by atoms with Gasteiger partial charge in [-0.2, -0.15) is 0 Å². The van der Waals surface area contributed by atoms with Gasteiger partial charge in [0.25, 0.3) is 0 Å². The minimum Gasteiger partial charge on any atom is -0.508 e. The van der Waals surface area contributed by atoms with Crippen molar-refractivity contribution in [2.75, 3.05) is 0 Å². The summed E-state index contributed by atoms with van der Waals surface area (Å²) in [5.41, 5.74) is -0.477. The second kappa shape index (κ2) is 3.80. The summed E-state index contributed by atoms with van der Waals surface area (Å²) in [7, 11) is 0. The first-order chi connectivity index (χ1) is 8.99. The summed E-state index contributed by atoms with van der Waals surface area (Å²) in [6, 6.07) is 5.05. The molecule has 3 rings (SSSR count). The molecular formula is C13H7ClO5. The second-order valence-electron chi connectivity index (χ2n) is 4.04. The molecule has 0 unspecified atom stereocenters. The molecule has 0 aliphatic rings. The minimum absolute atomic E-state index is 0.0115. The van der Waals surface area contributed by atoms with Crippen molar-refractivity contribution in [1.82, 2.24) is 0 Å². The highest BCUT2D eigenvalue weighted by atomic mass is 35.5. The van der Waals surface area contributed by atoms with E-state index in [-0.39, 0.29) is 32.7 Å². The third-order valence-corrected chi connectivity index (χ3v) is 3.14. The van der Waals surface area contributed by atoms with Crippen LogP contribution in [-0.2, 0) is 0 Å². The van der Waals surface area contributed by atoms with Crippen LogP contribution in [-0.4, -0.2) is 15.3 Å². The molecule has 3 N–H and O–H groups in total. The highest BCUT2D eigenvalue weighted by molar-refractivity contribution is 6.33. The lowest BCUT2D eigenvalue weighted by Crippen LogP contribution is -2.02. The van der Waals surface area contributed by atoms with Crippen LogP contribution < -0.4 is 5.43 Å². The molecule has 5 nitrogen and oxygen atoms in total. The van der Waals surface area contributed by atoms with E-state index < -0.39 is 16.9 Å². The molecule has 3 aromatic rings. The summed E-state index contributed by atoms with van der Waals surface area (Å²) < 4.78 is 5.39. The van der Waals surface area contributed by atoms with Gasteiger partial charge in [0.15, 0.2) is 0 Å². The van der Waals surface area contributed by atoms with Gasteiger partial charge in [0.05, 0.1) is 5.02 Å². The first-order valence-corrected chi connectivity index (χ1v) is 5.67. The average Bonchev–Trinajstić information content (AvgIpc) is 2.32. The fourth-order valence-corrected chi connectivity index (χ4v) is 2.15. The van der Waals surface area contributed by atoms with Gasteiger partial charge in [-0.3, -0.25) is 4.79 Å². The maximum absolute atomic E-state index is 12.3. The fourth-order valence-electron chi connectivity index (χ4n) is 1.99. The van der Waals surface area contributed by atoms with Gasteiger partial charge in [0, 0.05) is 12.1 Å². The molecule has 2 aromatic carbocycles. The molecule has 0 radical (unpaired) electrons. The van der Waals surface area contributed by atoms with E-state index in [1.54, 1.807) is 0 Å². The minimum atomic E-state index is -0.617. The molecule has 6 heteroatoms. The Balaban J connectivity index is 2.65. The number of rotatable bonds is 0. The van der Waals surface area contributed by atoms with Gasteiger partial charge < -0.3 is 19.7 Å². The lowest BCUT2D eigenvalue weighted by Gasteiger charge is -2.06. The van der Waals surface area contributed by atoms with E-state index in [1.165, 1.54) is 18.2 Å². The van der Waals surface area contributed by atoms with E-state index in [0.717, 1.165) is 6.07 Å². The Morgan fingerprint density at radius 1 is 1.00 bits per heavy atom. The molecule has 0 atom stereocenters. The third-order valence-electron chi connectivity index (χ3n) is 2.83. The molecule has 1 heterocycles. The molecule has 0 spiro atoms. The first kappa shape index (κ1) is 11.7. The molecular weight excluding hydrogens is 272 g/mol. The average molecular weight is 279 g/mol. The molecule has 0 saturated carbocycles. The van der Waals surface area contributed by atoms with Crippen LogP contribution in [0.5, 0.6) is 17.2 Å². The van der Waals surface area contributed by atoms with Crippen molar-refractivity contribution >= 4 is 33.5 Å². The van der Waals surface area contributed by atoms with E-state index >= 15 is 0 Å². The maximum atomic E-state index is 12.3. The van der Waals surface area contributed by atoms with Gasteiger partial charge in [-0.25, -0.2) is 0 Å². The predicted molar refractivity (Wildman–Crippen MR) is 70.0 cm³/mol. The van der Waals surface area contributed by atoms with Gasteiger partial charge in [0.2, 0.25) is 5.43 Å². The van der Waals surface area contributed by atoms with E-state index in [2.05, 4.69) is 0 Å². The lowest BCUT2D eigenvalue weighted by molar-refractivity contribution is 0.453. The van der Waals surface area contributed by atoms with E-state index in [0.29, 0.717) is 0 Å². The Bertz CT molecular complexity index is 882. The molecule has 19 heavy (non-hydrogen) atoms. The van der Waals surface area contributed by atoms with Crippen molar-refractivity contribution in [1.29, 1.82) is 0 Å². The molecule has 96 valence electrons. The lowest BCUT2D eigenvalue weighted by atomic mass is 10.1. The Hall–Kier alpha value is -2.40. The number of halogens is 1. The zero-order chi connectivity index (χ0) is 13.7. The molecule has 0 amide bonds. The quantitative estimate of drug-likeness (QED) is 0.550. The Morgan fingerprint density at radius 2 is 1.74 bits per heavy atom. The van der Waals surface area contributed by atoms with Crippen LogP contribution in [0.1, 0.15) is 0 Å². The van der Waals surface area contributed by atoms with Crippen molar-refractivity contribution in [3.8, 4) is 17.2 Å². The zero-order valence-electron chi connectivity index (χ0n) is 9.35. The topological polar surface area (TPSA) is 90.9 Å². The van der Waals surface area contributed by atoms with E-state index in [4.69, 9.17) is 16.0 Å². The highest BCUT2D eigenvalue weighted by Gasteiger charge is 2.16. The number of phenolic OH excluding ortho intramolecular Hbond substituents is 3. The van der Waals surface area contributed by atoms with Gasteiger partial charge in [-0.15, -0.1) is 0 Å². The summed E-state index contributed by atoms with van der Waals surface area (Å²) in [5, 5.41) is 28.7. The maximum Gasteiger partial charge on any atom is 0.208 e. The van der Waals surface area contributed by atoms with Crippen molar-refractivity contribution in [3.05, 3.63) is 39.5 Å². The standard InChI is InChI=1S/C13H7ClO5/c14-6-1-2-8-11(12(6)17)13(18)10-7(16)3-5(15)4-9(10)19-8/h1-4,15-17H. The van der Waals surface area contributed by atoms with Crippen LogP contribution in [0.3, 0.4) is 0 Å². The van der Waals surface area contributed by atoms with Crippen LogP contribution in [0.4, 0.5) is 0 Å². The summed E-state index contributed by atoms with van der Waals surface area (Å²) in [4.78, 5) is 12.3. The van der Waals surface area contributed by atoms with Crippen LogP contribution in [0.15, 0.2) is 33.5 Å². The van der Waals surface area contributed by atoms with Crippen molar-refractivity contribution in [2.24, 2.45) is 0 Å². The molecule has 0 aliphatic heterocycles. The van der Waals surface area contributed by atoms with E-state index in [9.17, 15) is 20.1 Å². The molecule has 1 aromatic heterocycles. The number of hydrogen-bond donors (Lipinski definition) is 3. The first-order valence-electron chi connectivity index (χ1n) is 5.29. The predicted octanol–water partition coefficient (Wildman–Crippen LogP) is 2.72. The molecule has 0 bridgehead atoms. The van der Waals surface area contributed by atoms with Gasteiger partial charge in [0.1, 0.15) is 39.2 Å². The highest BCUT2D eigenvalue weighted by Crippen LogP contribution is 2.35. The molecule has 0 aliphatic carbocycles. The fraction of sp³-hybridized carbons (Fsp3) is 0. The monoisotopic (exact) mass is 278 g/mol. The summed E-state index contributed by atoms with van der Waals surface area (Å²) in [6.07, 6.45) is 0. The van der Waals surface area contributed by atoms with Crippen molar-refractivity contribution in [2.45, 2.75) is 0 Å². The Kier molecular flexibility index (Phi) is 2.33. The Morgan fingerprint density at radius 3 is 2.47 bits per heavy atom.